The van der Waals surface area contributed by atoms with Crippen molar-refractivity contribution in [1.29, 1.82) is 0 Å². The second-order valence-electron chi connectivity index (χ2n) is 12.9. The van der Waals surface area contributed by atoms with Crippen LogP contribution < -0.4 is 20.5 Å². The van der Waals surface area contributed by atoms with Crippen LogP contribution in [0.15, 0.2) is 66.2 Å². The topological polar surface area (TPSA) is 114 Å². The second kappa shape index (κ2) is 14.6. The number of nitrogens with two attached hydrogens (primary N) is 1. The molecule has 2 aliphatic carbocycles. The van der Waals surface area contributed by atoms with Crippen LogP contribution in [0.2, 0.25) is 5.02 Å². The molecule has 1 amide bonds. The van der Waals surface area contributed by atoms with Gasteiger partial charge in [-0.1, -0.05) is 54.1 Å². The van der Waals surface area contributed by atoms with Crippen molar-refractivity contribution in [3.63, 3.8) is 0 Å². The Morgan fingerprint density at radius 2 is 1.70 bits per heavy atom. The third kappa shape index (κ3) is 7.73. The minimum atomic E-state index is -0.698. The number of amides is 1. The lowest BCUT2D eigenvalue weighted by Gasteiger charge is -2.33. The van der Waals surface area contributed by atoms with Gasteiger partial charge in [0, 0.05) is 29.1 Å². The Hall–Kier alpha value is -3.69. The maximum absolute atomic E-state index is 14.4. The number of aryl methyl sites for hydroxylation is 2. The van der Waals surface area contributed by atoms with Crippen LogP contribution in [-0.2, 0) is 16.1 Å². The number of para-hydroxylation sites is 1. The predicted molar refractivity (Wildman–Crippen MR) is 183 cm³/mol. The molecular weight excluding hydrogens is 614 g/mol. The van der Waals surface area contributed by atoms with Gasteiger partial charge in [-0.2, -0.15) is 0 Å². The predicted octanol–water partition coefficient (Wildman–Crippen LogP) is 5.69. The van der Waals surface area contributed by atoms with Crippen molar-refractivity contribution in [2.75, 3.05) is 26.4 Å². The molecule has 1 heterocycles. The highest BCUT2D eigenvalue weighted by molar-refractivity contribution is 6.31. The zero-order valence-corrected chi connectivity index (χ0v) is 27.9. The van der Waals surface area contributed by atoms with Gasteiger partial charge in [0.05, 0.1) is 18.7 Å². The fraction of sp³-hybridized carbons (Fsp3) is 0.421. The number of ketones is 1. The zero-order chi connectivity index (χ0) is 33.1. The number of nitrogens with zero attached hydrogens (tertiary/aromatic N) is 1. The molecule has 0 aromatic heterocycles. The summed E-state index contributed by atoms with van der Waals surface area (Å²) in [6.45, 7) is 5.64. The fourth-order valence-corrected chi connectivity index (χ4v) is 6.60. The van der Waals surface area contributed by atoms with E-state index in [4.69, 9.17) is 26.8 Å². The van der Waals surface area contributed by atoms with Crippen LogP contribution in [0.25, 0.3) is 5.57 Å². The molecule has 2 atom stereocenters. The lowest BCUT2D eigenvalue weighted by molar-refractivity contribution is -0.129. The van der Waals surface area contributed by atoms with Gasteiger partial charge in [0.1, 0.15) is 24.7 Å². The van der Waals surface area contributed by atoms with E-state index in [1.54, 1.807) is 12.1 Å². The van der Waals surface area contributed by atoms with Gasteiger partial charge in [0.15, 0.2) is 5.78 Å². The van der Waals surface area contributed by atoms with Crippen LogP contribution >= 0.6 is 11.6 Å². The zero-order valence-electron chi connectivity index (χ0n) is 27.1. The Bertz CT molecular complexity index is 1630. The third-order valence-electron chi connectivity index (χ3n) is 9.37. The van der Waals surface area contributed by atoms with E-state index in [1.165, 1.54) is 0 Å². The van der Waals surface area contributed by atoms with Crippen LogP contribution in [0, 0.1) is 19.8 Å². The molecule has 8 nitrogen and oxygen atoms in total. The average Bonchev–Trinajstić information content (AvgIpc) is 4.01. The molecule has 0 spiro atoms. The number of rotatable bonds is 14. The Kier molecular flexibility index (Phi) is 10.3. The van der Waals surface area contributed by atoms with Crippen molar-refractivity contribution in [2.24, 2.45) is 11.7 Å². The first kappa shape index (κ1) is 33.2. The summed E-state index contributed by atoms with van der Waals surface area (Å²) in [5.74, 6) is 1.60. The number of carbonyl (C=O) groups excluding carboxylic acids is 2. The fourth-order valence-electron chi connectivity index (χ4n) is 6.42. The normalized spacial score (nSPS) is 18.5. The highest BCUT2D eigenvalue weighted by Gasteiger charge is 2.39. The summed E-state index contributed by atoms with van der Waals surface area (Å²) in [4.78, 5) is 29.0. The first-order chi connectivity index (χ1) is 22.7. The smallest absolute Gasteiger partial charge is 0.252 e. The molecule has 0 saturated heterocycles. The highest BCUT2D eigenvalue weighted by Crippen LogP contribution is 2.37. The van der Waals surface area contributed by atoms with Gasteiger partial charge in [-0.3, -0.25) is 9.59 Å². The Morgan fingerprint density at radius 1 is 1.00 bits per heavy atom. The summed E-state index contributed by atoms with van der Waals surface area (Å²) in [5.41, 5.74) is 12.4. The number of aliphatic hydroxyl groups excluding tert-OH is 1. The number of Topliss-reactive ketones (excluding diaryl/α,β-unsaturated/α-hetero) is 1. The molecule has 3 aliphatic rings. The van der Waals surface area contributed by atoms with E-state index in [1.807, 2.05) is 67.3 Å². The lowest BCUT2D eigenvalue weighted by atomic mass is 9.88. The molecule has 4 N–H and O–H groups in total. The number of ether oxygens (including phenoxy) is 2. The van der Waals surface area contributed by atoms with Crippen molar-refractivity contribution in [3.05, 3.63) is 99.1 Å². The molecule has 3 aromatic carbocycles. The first-order valence-electron chi connectivity index (χ1n) is 16.6. The Morgan fingerprint density at radius 3 is 2.36 bits per heavy atom. The number of hydrogen-bond donors (Lipinski definition) is 3. The van der Waals surface area contributed by atoms with E-state index in [0.717, 1.165) is 64.8 Å². The van der Waals surface area contributed by atoms with Crippen molar-refractivity contribution < 1.29 is 24.2 Å². The SMILES string of the molecule is Cc1cccc(C)c1OCCOc1ccc(C2=C(C(=O)N(Cc3cc(C(N)C(=O)C4CC4)ccc3Cl)C3CC3)[C@@H](CO)NCC2)cc1. The van der Waals surface area contributed by atoms with Gasteiger partial charge in [0.25, 0.3) is 5.91 Å². The molecule has 0 bridgehead atoms. The lowest BCUT2D eigenvalue weighted by Crippen LogP contribution is -2.46. The van der Waals surface area contributed by atoms with E-state index in [9.17, 15) is 14.7 Å². The van der Waals surface area contributed by atoms with Gasteiger partial charge >= 0.3 is 0 Å². The molecule has 2 fully saturated rings. The summed E-state index contributed by atoms with van der Waals surface area (Å²) in [7, 11) is 0. The minimum Gasteiger partial charge on any atom is -0.490 e. The maximum Gasteiger partial charge on any atom is 0.252 e. The number of nitrogens with one attached hydrogen (secondary N) is 1. The average molecular weight is 658 g/mol. The summed E-state index contributed by atoms with van der Waals surface area (Å²) in [6.07, 6.45) is 4.25. The second-order valence-corrected chi connectivity index (χ2v) is 13.4. The molecule has 248 valence electrons. The standard InChI is InChI=1S/C38H44ClN3O5/c1-23-4-3-5-24(2)37(23)47-19-18-46-30-13-8-25(9-14-30)31-16-17-41-33(22-43)34(31)38(45)42(29-11-12-29)21-28-20-27(10-15-32(28)39)35(40)36(44)26-6-7-26/h3-5,8-10,13-15,20,26,29,33,35,41,43H,6-7,11-12,16-19,21-22,40H2,1-2H3/t33-,35?/m1/s1. The summed E-state index contributed by atoms with van der Waals surface area (Å²) < 4.78 is 11.9. The van der Waals surface area contributed by atoms with Crippen molar-refractivity contribution in [3.8, 4) is 11.5 Å². The van der Waals surface area contributed by atoms with Gasteiger partial charge < -0.3 is 30.5 Å². The van der Waals surface area contributed by atoms with Crippen molar-refractivity contribution in [1.82, 2.24) is 10.2 Å². The van der Waals surface area contributed by atoms with Crippen molar-refractivity contribution in [2.45, 2.75) is 70.6 Å². The molecule has 1 aliphatic heterocycles. The molecule has 47 heavy (non-hydrogen) atoms. The molecule has 0 radical (unpaired) electrons. The van der Waals surface area contributed by atoms with Crippen LogP contribution in [0.5, 0.6) is 11.5 Å². The van der Waals surface area contributed by atoms with E-state index in [-0.39, 0.29) is 30.3 Å². The van der Waals surface area contributed by atoms with Gasteiger partial charge in [-0.15, -0.1) is 0 Å². The third-order valence-corrected chi connectivity index (χ3v) is 9.74. The Labute approximate surface area is 281 Å². The molecule has 2 saturated carbocycles. The van der Waals surface area contributed by atoms with Gasteiger partial charge in [-0.25, -0.2) is 0 Å². The maximum atomic E-state index is 14.4. The van der Waals surface area contributed by atoms with Gasteiger partial charge in [-0.05, 0) is 104 Å². The summed E-state index contributed by atoms with van der Waals surface area (Å²) in [6, 6.07) is 18.2. The van der Waals surface area contributed by atoms with Crippen LogP contribution in [0.1, 0.15) is 66.0 Å². The van der Waals surface area contributed by atoms with E-state index in [2.05, 4.69) is 5.32 Å². The van der Waals surface area contributed by atoms with Crippen LogP contribution in [0.4, 0.5) is 0 Å². The van der Waals surface area contributed by atoms with E-state index >= 15 is 0 Å². The van der Waals surface area contributed by atoms with Crippen LogP contribution in [0.3, 0.4) is 0 Å². The molecule has 9 heteroatoms. The first-order valence-corrected chi connectivity index (χ1v) is 17.0. The summed E-state index contributed by atoms with van der Waals surface area (Å²) in [5, 5.41) is 14.2. The number of hydrogen-bond acceptors (Lipinski definition) is 7. The van der Waals surface area contributed by atoms with Crippen LogP contribution in [-0.4, -0.2) is 60.1 Å². The number of aliphatic hydroxyl groups is 1. The molecular formula is C38H44ClN3O5. The van der Waals surface area contributed by atoms with E-state index < -0.39 is 12.1 Å². The quantitative estimate of drug-likeness (QED) is 0.191. The number of carbonyl (C=O) groups is 2. The molecule has 6 rings (SSSR count). The minimum absolute atomic E-state index is 0.0520. The highest BCUT2D eigenvalue weighted by atomic mass is 35.5. The van der Waals surface area contributed by atoms with Gasteiger partial charge in [0.2, 0.25) is 0 Å². The molecule has 3 aromatic rings. The number of halogens is 1. The monoisotopic (exact) mass is 657 g/mol. The van der Waals surface area contributed by atoms with E-state index in [0.29, 0.717) is 49.1 Å². The summed E-state index contributed by atoms with van der Waals surface area (Å²) >= 11 is 6.65. The molecule has 1 unspecified atom stereocenters. The Balaban J connectivity index is 1.19. The van der Waals surface area contributed by atoms with Crippen molar-refractivity contribution >= 4 is 28.9 Å². The number of benzene rings is 3. The largest absolute Gasteiger partial charge is 0.490 e.